The van der Waals surface area contributed by atoms with Gasteiger partial charge in [0.1, 0.15) is 0 Å². The van der Waals surface area contributed by atoms with Gasteiger partial charge in [0.2, 0.25) is 0 Å². The number of nitrogens with one attached hydrogen (secondary N) is 1. The van der Waals surface area contributed by atoms with E-state index in [1.807, 2.05) is 18.2 Å². The molecule has 0 radical (unpaired) electrons. The molecule has 1 aromatic carbocycles. The zero-order valence-corrected chi connectivity index (χ0v) is 12.9. The highest BCUT2D eigenvalue weighted by Gasteiger charge is 2.17. The maximum absolute atomic E-state index is 5.93. The van der Waals surface area contributed by atoms with E-state index in [0.717, 1.165) is 27.9 Å². The van der Waals surface area contributed by atoms with Gasteiger partial charge in [0.25, 0.3) is 0 Å². The molecule has 1 atom stereocenters. The summed E-state index contributed by atoms with van der Waals surface area (Å²) in [5.41, 5.74) is 4.35. The van der Waals surface area contributed by atoms with Crippen LogP contribution in [0.15, 0.2) is 22.7 Å². The normalized spacial score (nSPS) is 13.8. The van der Waals surface area contributed by atoms with Crippen molar-refractivity contribution in [1.82, 2.24) is 5.43 Å². The molecule has 1 rings (SSSR count). The van der Waals surface area contributed by atoms with Gasteiger partial charge in [-0.05, 0) is 36.0 Å². The number of halogens is 2. The van der Waals surface area contributed by atoms with Crippen molar-refractivity contribution in [2.75, 3.05) is 0 Å². The van der Waals surface area contributed by atoms with Gasteiger partial charge in [-0.3, -0.25) is 11.3 Å². The predicted molar refractivity (Wildman–Crippen MR) is 77.9 cm³/mol. The minimum Gasteiger partial charge on any atom is -0.271 e. The summed E-state index contributed by atoms with van der Waals surface area (Å²) in [5.74, 6) is 5.64. The smallest absolute Gasteiger partial charge is 0.0471 e. The summed E-state index contributed by atoms with van der Waals surface area (Å²) in [6.07, 6.45) is 2.11. The highest BCUT2D eigenvalue weighted by molar-refractivity contribution is 9.10. The summed E-state index contributed by atoms with van der Waals surface area (Å²) >= 11 is 9.46. The monoisotopic (exact) mass is 318 g/mol. The van der Waals surface area contributed by atoms with Gasteiger partial charge >= 0.3 is 0 Å². The molecule has 0 aliphatic carbocycles. The molecule has 0 saturated carbocycles. The minimum absolute atomic E-state index is 0.154. The highest BCUT2D eigenvalue weighted by Crippen LogP contribution is 2.31. The Morgan fingerprint density at radius 2 is 2.06 bits per heavy atom. The van der Waals surface area contributed by atoms with E-state index in [9.17, 15) is 0 Å². The number of nitrogens with two attached hydrogens (primary N) is 1. The van der Waals surface area contributed by atoms with E-state index in [1.54, 1.807) is 0 Å². The van der Waals surface area contributed by atoms with Crippen molar-refractivity contribution in [1.29, 1.82) is 0 Å². The first-order chi connectivity index (χ1) is 7.83. The molecule has 17 heavy (non-hydrogen) atoms. The second-order valence-corrected chi connectivity index (χ2v) is 6.78. The van der Waals surface area contributed by atoms with Crippen LogP contribution in [0.4, 0.5) is 0 Å². The van der Waals surface area contributed by atoms with Crippen LogP contribution >= 0.6 is 27.5 Å². The maximum Gasteiger partial charge on any atom is 0.0471 e. The van der Waals surface area contributed by atoms with Crippen molar-refractivity contribution < 1.29 is 0 Å². The molecule has 0 aliphatic rings. The Kier molecular flexibility index (Phi) is 5.45. The van der Waals surface area contributed by atoms with E-state index in [0.29, 0.717) is 5.41 Å². The fourth-order valence-corrected chi connectivity index (χ4v) is 2.65. The number of rotatable bonds is 4. The van der Waals surface area contributed by atoms with Crippen molar-refractivity contribution in [2.45, 2.75) is 39.7 Å². The Labute approximate surface area is 117 Å². The van der Waals surface area contributed by atoms with E-state index in [1.165, 1.54) is 0 Å². The maximum atomic E-state index is 5.93. The van der Waals surface area contributed by atoms with Crippen LogP contribution in [0.1, 0.15) is 45.2 Å². The molecule has 0 aliphatic heterocycles. The quantitative estimate of drug-likeness (QED) is 0.636. The molecule has 0 aromatic heterocycles. The van der Waals surface area contributed by atoms with Gasteiger partial charge in [-0.1, -0.05) is 54.4 Å². The number of benzene rings is 1. The van der Waals surface area contributed by atoms with Crippen LogP contribution in [0.5, 0.6) is 0 Å². The van der Waals surface area contributed by atoms with Gasteiger partial charge in [0.05, 0.1) is 0 Å². The Balaban J connectivity index is 2.79. The zero-order chi connectivity index (χ0) is 13.1. The molecule has 0 amide bonds. The summed E-state index contributed by atoms with van der Waals surface area (Å²) in [6, 6.07) is 5.96. The first-order valence-corrected chi connectivity index (χ1v) is 6.91. The predicted octanol–water partition coefficient (Wildman–Crippen LogP) is 4.43. The molecule has 4 heteroatoms. The molecule has 1 unspecified atom stereocenters. The van der Waals surface area contributed by atoms with Gasteiger partial charge in [0.15, 0.2) is 0 Å². The minimum atomic E-state index is 0.154. The summed E-state index contributed by atoms with van der Waals surface area (Å²) in [5, 5.41) is 0.729. The fourth-order valence-electron chi connectivity index (χ4n) is 1.69. The van der Waals surface area contributed by atoms with Gasteiger partial charge < -0.3 is 0 Å². The van der Waals surface area contributed by atoms with Crippen LogP contribution < -0.4 is 11.3 Å². The SMILES string of the molecule is CC(C)(C)CCC(NN)c1ccc(Cl)cc1Br. The molecule has 0 fully saturated rings. The molecular formula is C13H20BrClN2. The van der Waals surface area contributed by atoms with Crippen molar-refractivity contribution in [3.05, 3.63) is 33.3 Å². The lowest BCUT2D eigenvalue weighted by Gasteiger charge is -2.23. The Morgan fingerprint density at radius 3 is 2.53 bits per heavy atom. The number of hydrogen-bond acceptors (Lipinski definition) is 2. The Bertz CT molecular complexity index is 374. The molecule has 0 spiro atoms. The first-order valence-electron chi connectivity index (χ1n) is 5.74. The Morgan fingerprint density at radius 1 is 1.41 bits per heavy atom. The third-order valence-corrected chi connectivity index (χ3v) is 3.64. The van der Waals surface area contributed by atoms with Crippen LogP contribution in [0, 0.1) is 5.41 Å². The van der Waals surface area contributed by atoms with Crippen LogP contribution in [0.25, 0.3) is 0 Å². The van der Waals surface area contributed by atoms with Crippen molar-refractivity contribution in [3.8, 4) is 0 Å². The second-order valence-electron chi connectivity index (χ2n) is 5.48. The van der Waals surface area contributed by atoms with Crippen molar-refractivity contribution >= 4 is 27.5 Å². The number of hydrazine groups is 1. The summed E-state index contributed by atoms with van der Waals surface area (Å²) in [6.45, 7) is 6.70. The van der Waals surface area contributed by atoms with Crippen LogP contribution in [0.2, 0.25) is 5.02 Å². The zero-order valence-electron chi connectivity index (χ0n) is 10.6. The van der Waals surface area contributed by atoms with Gasteiger partial charge in [-0.15, -0.1) is 0 Å². The topological polar surface area (TPSA) is 38.0 Å². The summed E-state index contributed by atoms with van der Waals surface area (Å²) < 4.78 is 1.00. The highest BCUT2D eigenvalue weighted by atomic mass is 79.9. The molecule has 96 valence electrons. The van der Waals surface area contributed by atoms with E-state index in [2.05, 4.69) is 42.1 Å². The van der Waals surface area contributed by atoms with Crippen molar-refractivity contribution in [3.63, 3.8) is 0 Å². The van der Waals surface area contributed by atoms with E-state index in [-0.39, 0.29) is 6.04 Å². The van der Waals surface area contributed by atoms with Crippen LogP contribution in [-0.4, -0.2) is 0 Å². The lowest BCUT2D eigenvalue weighted by Crippen LogP contribution is -2.29. The molecule has 2 nitrogen and oxygen atoms in total. The average molecular weight is 320 g/mol. The van der Waals surface area contributed by atoms with Crippen molar-refractivity contribution in [2.24, 2.45) is 11.3 Å². The van der Waals surface area contributed by atoms with Crippen LogP contribution in [0.3, 0.4) is 0 Å². The standard InChI is InChI=1S/C13H20BrClN2/c1-13(2,3)7-6-12(17-16)10-5-4-9(15)8-11(10)14/h4-5,8,12,17H,6-7,16H2,1-3H3. The van der Waals surface area contributed by atoms with Gasteiger partial charge in [0, 0.05) is 15.5 Å². The van der Waals surface area contributed by atoms with E-state index in [4.69, 9.17) is 17.4 Å². The molecule has 1 aromatic rings. The summed E-state index contributed by atoms with van der Waals surface area (Å²) in [4.78, 5) is 0. The first kappa shape index (κ1) is 15.0. The fraction of sp³-hybridized carbons (Fsp3) is 0.538. The van der Waals surface area contributed by atoms with E-state index >= 15 is 0 Å². The molecule has 0 heterocycles. The largest absolute Gasteiger partial charge is 0.271 e. The molecule has 0 saturated heterocycles. The molecular weight excluding hydrogens is 300 g/mol. The van der Waals surface area contributed by atoms with E-state index < -0.39 is 0 Å². The Hall–Kier alpha value is -0.0900. The molecule has 0 bridgehead atoms. The molecule has 3 N–H and O–H groups in total. The number of hydrogen-bond donors (Lipinski definition) is 2. The van der Waals surface area contributed by atoms with Gasteiger partial charge in [-0.2, -0.15) is 0 Å². The summed E-state index contributed by atoms with van der Waals surface area (Å²) in [7, 11) is 0. The lowest BCUT2D eigenvalue weighted by molar-refractivity contribution is 0.333. The third kappa shape index (κ3) is 4.96. The van der Waals surface area contributed by atoms with Crippen LogP contribution in [-0.2, 0) is 0 Å². The second kappa shape index (κ2) is 6.19. The third-order valence-electron chi connectivity index (χ3n) is 2.72. The average Bonchev–Trinajstić information content (AvgIpc) is 2.19. The van der Waals surface area contributed by atoms with Gasteiger partial charge in [-0.25, -0.2) is 0 Å². The lowest BCUT2D eigenvalue weighted by atomic mass is 9.87.